The highest BCUT2D eigenvalue weighted by molar-refractivity contribution is 14.1. The summed E-state index contributed by atoms with van der Waals surface area (Å²) < 4.78 is 16.7. The first kappa shape index (κ1) is 33.5. The van der Waals surface area contributed by atoms with Crippen LogP contribution in [0.1, 0.15) is 44.6 Å². The van der Waals surface area contributed by atoms with Crippen LogP contribution in [0.5, 0.6) is 17.2 Å². The Hall–Kier alpha value is -3.42. The summed E-state index contributed by atoms with van der Waals surface area (Å²) >= 11 is 2.05. The number of likely N-dealkylation sites (tertiary alicyclic amines) is 1. The van der Waals surface area contributed by atoms with E-state index in [4.69, 9.17) is 9.47 Å². The number of aromatic hydroxyl groups is 1. The van der Waals surface area contributed by atoms with Crippen LogP contribution in [-0.2, 0) is 14.3 Å². The molecule has 1 saturated heterocycles. The van der Waals surface area contributed by atoms with Crippen molar-refractivity contribution in [1.29, 1.82) is 0 Å². The number of nitrogens with zero attached hydrogens (tertiary/aromatic N) is 1. The molecule has 1 aliphatic carbocycles. The van der Waals surface area contributed by atoms with Gasteiger partial charge >= 0.3 is 6.09 Å². The minimum Gasteiger partial charge on any atom is -0.504 e. The summed E-state index contributed by atoms with van der Waals surface area (Å²) in [4.78, 5) is 39.4. The van der Waals surface area contributed by atoms with Crippen LogP contribution in [0, 0.1) is 21.3 Å². The minimum atomic E-state index is -1.06. The largest absolute Gasteiger partial charge is 0.504 e. The smallest absolute Gasteiger partial charge is 0.423 e. The summed E-state index contributed by atoms with van der Waals surface area (Å²) in [5.41, 5.74) is 3.00. The molecule has 1 heterocycles. The topological polar surface area (TPSA) is 143 Å². The number of carbonyl (C=O) groups is 3. The van der Waals surface area contributed by atoms with Gasteiger partial charge in [0.1, 0.15) is 12.4 Å². The van der Waals surface area contributed by atoms with Gasteiger partial charge in [-0.05, 0) is 89.2 Å². The second-order valence-corrected chi connectivity index (χ2v) is 12.1. The van der Waals surface area contributed by atoms with Gasteiger partial charge in [-0.1, -0.05) is 43.2 Å². The number of aliphatic hydroxyl groups is 2. The van der Waals surface area contributed by atoms with Crippen LogP contribution in [0.3, 0.4) is 0 Å². The van der Waals surface area contributed by atoms with E-state index in [0.29, 0.717) is 44.0 Å². The lowest BCUT2D eigenvalue weighted by atomic mass is 9.68. The van der Waals surface area contributed by atoms with Crippen LogP contribution in [-0.4, -0.2) is 71.7 Å². The standard InChI is InChI=1S/C33H38INO9/c1-4-8-19(13-20-14-25(34)30(38)27(15-20)42-2)11-12-26(37)28-21(18-44-22-9-6-5-7-10-22)16-23-29(24(28)17-36)32(40)35(31(23)39)33(41)43-3/h5-7,9-10,13-15,23-24,26,29,36-38H,4,8,11-12,16-18H2,1-3H3/b19-13+/t23-,24+,26-,29-/m1/s1. The van der Waals surface area contributed by atoms with E-state index in [0.717, 1.165) is 31.1 Å². The number of benzene rings is 2. The van der Waals surface area contributed by atoms with Gasteiger partial charge in [-0.3, -0.25) is 9.59 Å². The van der Waals surface area contributed by atoms with Crippen LogP contribution < -0.4 is 9.47 Å². The fourth-order valence-electron chi connectivity index (χ4n) is 6.19. The number of fused-ring (bicyclic) bond motifs is 1. The first-order valence-electron chi connectivity index (χ1n) is 14.5. The van der Waals surface area contributed by atoms with Gasteiger partial charge in [-0.25, -0.2) is 4.79 Å². The molecule has 11 heteroatoms. The first-order valence-corrected chi connectivity index (χ1v) is 15.6. The minimum absolute atomic E-state index is 0.0409. The Balaban J connectivity index is 1.66. The Labute approximate surface area is 270 Å². The van der Waals surface area contributed by atoms with Gasteiger partial charge in [0.05, 0.1) is 42.3 Å². The molecular formula is C33H38INO9. The van der Waals surface area contributed by atoms with Crippen molar-refractivity contribution in [2.45, 2.75) is 45.1 Å². The second-order valence-electron chi connectivity index (χ2n) is 10.9. The third-order valence-corrected chi connectivity index (χ3v) is 9.03. The molecular weight excluding hydrogens is 681 g/mol. The molecule has 2 aromatic rings. The van der Waals surface area contributed by atoms with E-state index in [1.165, 1.54) is 7.11 Å². The number of allylic oxidation sites excluding steroid dienone is 1. The van der Waals surface area contributed by atoms with Crippen molar-refractivity contribution >= 4 is 46.6 Å². The Morgan fingerprint density at radius 1 is 1.14 bits per heavy atom. The van der Waals surface area contributed by atoms with E-state index in [1.807, 2.05) is 52.9 Å². The van der Waals surface area contributed by atoms with Gasteiger partial charge in [0, 0.05) is 5.92 Å². The van der Waals surface area contributed by atoms with Gasteiger partial charge in [-0.15, -0.1) is 0 Å². The summed E-state index contributed by atoms with van der Waals surface area (Å²) in [5.74, 6) is -3.15. The summed E-state index contributed by atoms with van der Waals surface area (Å²) in [7, 11) is 2.59. The Kier molecular flexibility index (Phi) is 11.4. The summed E-state index contributed by atoms with van der Waals surface area (Å²) in [6.45, 7) is 1.60. The van der Waals surface area contributed by atoms with Crippen molar-refractivity contribution in [2.75, 3.05) is 27.4 Å². The lowest BCUT2D eigenvalue weighted by Crippen LogP contribution is -2.40. The van der Waals surface area contributed by atoms with Gasteiger partial charge in [0.2, 0.25) is 11.8 Å². The highest BCUT2D eigenvalue weighted by Gasteiger charge is 2.57. The number of phenolic OH excluding ortho intramolecular Hbond substituents is 1. The average Bonchev–Trinajstić information content (AvgIpc) is 3.28. The number of amides is 3. The lowest BCUT2D eigenvalue weighted by Gasteiger charge is -2.36. The highest BCUT2D eigenvalue weighted by Crippen LogP contribution is 2.46. The van der Waals surface area contributed by atoms with Crippen molar-refractivity contribution in [3.63, 3.8) is 0 Å². The molecule has 0 radical (unpaired) electrons. The van der Waals surface area contributed by atoms with Crippen molar-refractivity contribution in [2.24, 2.45) is 17.8 Å². The van der Waals surface area contributed by atoms with Crippen LogP contribution in [0.25, 0.3) is 6.08 Å². The molecule has 0 bridgehead atoms. The summed E-state index contributed by atoms with van der Waals surface area (Å²) in [6.07, 6.45) is 2.44. The molecule has 0 unspecified atom stereocenters. The van der Waals surface area contributed by atoms with Crippen LogP contribution in [0.4, 0.5) is 4.79 Å². The highest BCUT2D eigenvalue weighted by atomic mass is 127. The first-order chi connectivity index (χ1) is 21.1. The molecule has 1 aliphatic heterocycles. The van der Waals surface area contributed by atoms with E-state index in [9.17, 15) is 29.7 Å². The molecule has 0 spiro atoms. The van der Waals surface area contributed by atoms with Crippen LogP contribution >= 0.6 is 22.6 Å². The van der Waals surface area contributed by atoms with Crippen LogP contribution in [0.2, 0.25) is 0 Å². The lowest BCUT2D eigenvalue weighted by molar-refractivity contribution is -0.137. The molecule has 2 aromatic carbocycles. The quantitative estimate of drug-likeness (QED) is 0.156. The molecule has 4 rings (SSSR count). The molecule has 0 aromatic heterocycles. The number of imide groups is 3. The van der Waals surface area contributed by atoms with E-state index < -0.39 is 48.4 Å². The zero-order chi connectivity index (χ0) is 32.0. The van der Waals surface area contributed by atoms with Crippen molar-refractivity contribution in [1.82, 2.24) is 4.90 Å². The number of ether oxygens (including phenoxy) is 3. The molecule has 0 saturated carbocycles. The van der Waals surface area contributed by atoms with Gasteiger partial charge in [0.25, 0.3) is 0 Å². The third-order valence-electron chi connectivity index (χ3n) is 8.20. The molecule has 2 aliphatic rings. The maximum absolute atomic E-state index is 13.4. The number of rotatable bonds is 12. The van der Waals surface area contributed by atoms with Gasteiger partial charge < -0.3 is 29.5 Å². The predicted octanol–water partition coefficient (Wildman–Crippen LogP) is 5.09. The Bertz CT molecular complexity index is 1440. The number of hydrogen-bond acceptors (Lipinski definition) is 9. The molecule has 236 valence electrons. The van der Waals surface area contributed by atoms with E-state index in [1.54, 1.807) is 18.2 Å². The molecule has 3 amide bonds. The monoisotopic (exact) mass is 719 g/mol. The number of para-hydroxylation sites is 1. The van der Waals surface area contributed by atoms with E-state index in [2.05, 4.69) is 11.7 Å². The maximum atomic E-state index is 13.4. The molecule has 1 fully saturated rings. The van der Waals surface area contributed by atoms with Gasteiger partial charge in [0.15, 0.2) is 11.5 Å². The number of hydrogen-bond donors (Lipinski definition) is 3. The zero-order valence-electron chi connectivity index (χ0n) is 25.0. The maximum Gasteiger partial charge on any atom is 0.423 e. The summed E-state index contributed by atoms with van der Waals surface area (Å²) in [6, 6.07) is 12.7. The molecule has 4 atom stereocenters. The normalized spacial score (nSPS) is 20.9. The predicted molar refractivity (Wildman–Crippen MR) is 171 cm³/mol. The second kappa shape index (κ2) is 15.0. The van der Waals surface area contributed by atoms with Crippen molar-refractivity contribution < 1.29 is 43.9 Å². The number of phenols is 1. The third kappa shape index (κ3) is 7.10. The van der Waals surface area contributed by atoms with Crippen LogP contribution in [0.15, 0.2) is 59.2 Å². The Morgan fingerprint density at radius 3 is 2.50 bits per heavy atom. The Morgan fingerprint density at radius 2 is 1.86 bits per heavy atom. The van der Waals surface area contributed by atoms with E-state index in [-0.39, 0.29) is 18.8 Å². The number of aliphatic hydroxyl groups excluding tert-OH is 2. The molecule has 44 heavy (non-hydrogen) atoms. The summed E-state index contributed by atoms with van der Waals surface area (Å²) in [5, 5.41) is 32.5. The molecule has 3 N–H and O–H groups in total. The van der Waals surface area contributed by atoms with E-state index >= 15 is 0 Å². The van der Waals surface area contributed by atoms with Crippen molar-refractivity contribution in [3.8, 4) is 17.2 Å². The number of methoxy groups -OCH3 is 2. The number of carbonyl (C=O) groups excluding carboxylic acids is 3. The average molecular weight is 720 g/mol. The molecule has 10 nitrogen and oxygen atoms in total. The fraction of sp³-hybridized carbons (Fsp3) is 0.424. The zero-order valence-corrected chi connectivity index (χ0v) is 27.2. The SMILES string of the molecule is CCC/C(=C\c1cc(I)c(O)c(OC)c1)CC[C@@H](O)C1=C(COc2ccccc2)C[C@H]2C(=O)N(C(=O)OC)C(=O)[C@H]2[C@H]1CO. The number of halogens is 1. The fourth-order valence-corrected chi connectivity index (χ4v) is 6.81. The van der Waals surface area contributed by atoms with Gasteiger partial charge in [-0.2, -0.15) is 4.90 Å². The van der Waals surface area contributed by atoms with Crippen molar-refractivity contribution in [3.05, 3.63) is 68.3 Å².